The van der Waals surface area contributed by atoms with Gasteiger partial charge in [0.1, 0.15) is 0 Å². The average Bonchev–Trinajstić information content (AvgIpc) is 2.36. The van der Waals surface area contributed by atoms with Crippen molar-refractivity contribution >= 4 is 0 Å². The lowest BCUT2D eigenvalue weighted by Crippen LogP contribution is -2.21. The van der Waals surface area contributed by atoms with E-state index >= 15 is 0 Å². The molecule has 0 heterocycles. The van der Waals surface area contributed by atoms with Gasteiger partial charge in [0.2, 0.25) is 0 Å². The molecular formula is C10H18. The molecular weight excluding hydrogens is 120 g/mol. The fraction of sp³-hybridized carbons (Fsp3) is 1.00. The summed E-state index contributed by atoms with van der Waals surface area (Å²) >= 11 is 0. The van der Waals surface area contributed by atoms with Crippen LogP contribution in [0, 0.1) is 17.8 Å². The van der Waals surface area contributed by atoms with Crippen LogP contribution in [0.5, 0.6) is 0 Å². The van der Waals surface area contributed by atoms with Crippen molar-refractivity contribution in [2.75, 3.05) is 0 Å². The minimum atomic E-state index is 1.06. The molecule has 0 aromatic rings. The number of fused-ring (bicyclic) bond motifs is 1. The standard InChI is InChI=1S/C10H18/c1-8-4-2-5-9-6-3-7-10(8)9/h8-10H,2-7H2,1H3/t8-,9?,10?/m1/s1. The first-order valence-electron chi connectivity index (χ1n) is 4.88. The van der Waals surface area contributed by atoms with E-state index in [2.05, 4.69) is 6.92 Å². The first-order valence-corrected chi connectivity index (χ1v) is 4.88. The molecule has 0 radical (unpaired) electrons. The van der Waals surface area contributed by atoms with Crippen molar-refractivity contribution in [3.05, 3.63) is 0 Å². The van der Waals surface area contributed by atoms with Gasteiger partial charge in [0.15, 0.2) is 0 Å². The van der Waals surface area contributed by atoms with Gasteiger partial charge in [-0.15, -0.1) is 0 Å². The predicted octanol–water partition coefficient (Wildman–Crippen LogP) is 3.22. The molecule has 0 aromatic heterocycles. The molecule has 0 spiro atoms. The van der Waals surface area contributed by atoms with Gasteiger partial charge >= 0.3 is 0 Å². The highest BCUT2D eigenvalue weighted by molar-refractivity contribution is 4.84. The van der Waals surface area contributed by atoms with Crippen LogP contribution in [-0.4, -0.2) is 0 Å². The summed E-state index contributed by atoms with van der Waals surface area (Å²) in [6.45, 7) is 2.46. The van der Waals surface area contributed by atoms with Gasteiger partial charge in [0.25, 0.3) is 0 Å². The first-order chi connectivity index (χ1) is 4.88. The molecule has 3 atom stereocenters. The molecule has 0 nitrogen and oxygen atoms in total. The highest BCUT2D eigenvalue weighted by atomic mass is 14.4. The van der Waals surface area contributed by atoms with Crippen molar-refractivity contribution in [3.8, 4) is 0 Å². The van der Waals surface area contributed by atoms with E-state index in [0.29, 0.717) is 0 Å². The Hall–Kier alpha value is 0. The highest BCUT2D eigenvalue weighted by Gasteiger charge is 2.33. The van der Waals surface area contributed by atoms with Gasteiger partial charge in [-0.05, 0) is 24.2 Å². The maximum Gasteiger partial charge on any atom is -0.0360 e. The molecule has 58 valence electrons. The minimum absolute atomic E-state index is 1.06. The van der Waals surface area contributed by atoms with Gasteiger partial charge in [0.05, 0.1) is 0 Å². The van der Waals surface area contributed by atoms with E-state index < -0.39 is 0 Å². The summed E-state index contributed by atoms with van der Waals surface area (Å²) in [6.07, 6.45) is 9.21. The zero-order valence-electron chi connectivity index (χ0n) is 6.97. The quantitative estimate of drug-likeness (QED) is 0.482. The van der Waals surface area contributed by atoms with Crippen molar-refractivity contribution in [3.63, 3.8) is 0 Å². The van der Waals surface area contributed by atoms with E-state index in [9.17, 15) is 0 Å². The van der Waals surface area contributed by atoms with Crippen molar-refractivity contribution in [1.82, 2.24) is 0 Å². The Morgan fingerprint density at radius 2 is 1.60 bits per heavy atom. The summed E-state index contributed by atoms with van der Waals surface area (Å²) in [5.41, 5.74) is 0. The molecule has 2 aliphatic rings. The van der Waals surface area contributed by atoms with Crippen molar-refractivity contribution in [2.24, 2.45) is 17.8 Å². The molecule has 0 saturated heterocycles. The fourth-order valence-electron chi connectivity index (χ4n) is 3.09. The van der Waals surface area contributed by atoms with Crippen molar-refractivity contribution in [1.29, 1.82) is 0 Å². The van der Waals surface area contributed by atoms with Crippen LogP contribution in [0.15, 0.2) is 0 Å². The Morgan fingerprint density at radius 3 is 2.30 bits per heavy atom. The fourth-order valence-corrected chi connectivity index (χ4v) is 3.09. The number of rotatable bonds is 0. The van der Waals surface area contributed by atoms with E-state index in [1.807, 2.05) is 0 Å². The van der Waals surface area contributed by atoms with E-state index in [1.165, 1.54) is 19.3 Å². The summed E-state index contributed by atoms with van der Waals surface area (Å²) in [5.74, 6) is 3.33. The van der Waals surface area contributed by atoms with Crippen LogP contribution in [0.1, 0.15) is 45.4 Å². The van der Waals surface area contributed by atoms with E-state index in [0.717, 1.165) is 17.8 Å². The molecule has 2 aliphatic carbocycles. The first kappa shape index (κ1) is 6.69. The SMILES string of the molecule is C[C@@H]1CCCC2CCCC21. The monoisotopic (exact) mass is 138 g/mol. The average molecular weight is 138 g/mol. The van der Waals surface area contributed by atoms with Gasteiger partial charge in [-0.1, -0.05) is 39.0 Å². The van der Waals surface area contributed by atoms with Crippen LogP contribution >= 0.6 is 0 Å². The highest BCUT2D eigenvalue weighted by Crippen LogP contribution is 2.44. The van der Waals surface area contributed by atoms with Gasteiger partial charge < -0.3 is 0 Å². The van der Waals surface area contributed by atoms with Crippen molar-refractivity contribution in [2.45, 2.75) is 45.4 Å². The molecule has 0 aromatic carbocycles. The lowest BCUT2D eigenvalue weighted by molar-refractivity contribution is 0.197. The molecule has 2 unspecified atom stereocenters. The number of hydrogen-bond acceptors (Lipinski definition) is 0. The van der Waals surface area contributed by atoms with Crippen LogP contribution in [0.2, 0.25) is 0 Å². The maximum atomic E-state index is 2.46. The lowest BCUT2D eigenvalue weighted by Gasteiger charge is -2.31. The molecule has 0 amide bonds. The third-order valence-corrected chi connectivity index (χ3v) is 3.68. The van der Waals surface area contributed by atoms with Crippen LogP contribution in [0.4, 0.5) is 0 Å². The normalized spacial score (nSPS) is 47.1. The van der Waals surface area contributed by atoms with E-state index in [-0.39, 0.29) is 0 Å². The Morgan fingerprint density at radius 1 is 0.900 bits per heavy atom. The molecule has 2 rings (SSSR count). The summed E-state index contributed by atoms with van der Waals surface area (Å²) in [4.78, 5) is 0. The summed E-state index contributed by atoms with van der Waals surface area (Å²) < 4.78 is 0. The zero-order valence-corrected chi connectivity index (χ0v) is 6.97. The summed E-state index contributed by atoms with van der Waals surface area (Å²) in [5, 5.41) is 0. The van der Waals surface area contributed by atoms with Crippen LogP contribution < -0.4 is 0 Å². The second-order valence-electron chi connectivity index (χ2n) is 4.26. The largest absolute Gasteiger partial charge is 0.0622 e. The molecule has 2 saturated carbocycles. The Kier molecular flexibility index (Phi) is 1.71. The van der Waals surface area contributed by atoms with Crippen molar-refractivity contribution < 1.29 is 0 Å². The predicted molar refractivity (Wildman–Crippen MR) is 43.8 cm³/mol. The van der Waals surface area contributed by atoms with Gasteiger partial charge in [-0.25, -0.2) is 0 Å². The molecule has 0 N–H and O–H groups in total. The summed E-state index contributed by atoms with van der Waals surface area (Å²) in [6, 6.07) is 0. The lowest BCUT2D eigenvalue weighted by atomic mass is 9.75. The molecule has 0 aliphatic heterocycles. The topological polar surface area (TPSA) is 0 Å². The van der Waals surface area contributed by atoms with Crippen LogP contribution in [0.3, 0.4) is 0 Å². The Balaban J connectivity index is 2.03. The zero-order chi connectivity index (χ0) is 6.97. The summed E-state index contributed by atoms with van der Waals surface area (Å²) in [7, 11) is 0. The van der Waals surface area contributed by atoms with Gasteiger partial charge in [-0.3, -0.25) is 0 Å². The Labute approximate surface area is 64.0 Å². The molecule has 10 heavy (non-hydrogen) atoms. The maximum absolute atomic E-state index is 2.46. The smallest absolute Gasteiger partial charge is 0.0360 e. The third kappa shape index (κ3) is 0.980. The molecule has 0 bridgehead atoms. The minimum Gasteiger partial charge on any atom is -0.0622 e. The van der Waals surface area contributed by atoms with Crippen LogP contribution in [0.25, 0.3) is 0 Å². The van der Waals surface area contributed by atoms with E-state index in [1.54, 1.807) is 19.3 Å². The molecule has 0 heteroatoms. The Bertz CT molecular complexity index is 117. The van der Waals surface area contributed by atoms with E-state index in [4.69, 9.17) is 0 Å². The van der Waals surface area contributed by atoms with Gasteiger partial charge in [0, 0.05) is 0 Å². The second kappa shape index (κ2) is 2.56. The molecule has 2 fully saturated rings. The van der Waals surface area contributed by atoms with Crippen LogP contribution in [-0.2, 0) is 0 Å². The number of hydrogen-bond donors (Lipinski definition) is 0. The second-order valence-corrected chi connectivity index (χ2v) is 4.26. The van der Waals surface area contributed by atoms with Gasteiger partial charge in [-0.2, -0.15) is 0 Å². The third-order valence-electron chi connectivity index (χ3n) is 3.68.